The molecule has 2 rings (SSSR count). The lowest BCUT2D eigenvalue weighted by atomic mass is 10.0. The third-order valence-electron chi connectivity index (χ3n) is 3.92. The van der Waals surface area contributed by atoms with E-state index in [4.69, 9.17) is 10.2 Å². The third kappa shape index (κ3) is 3.16. The van der Waals surface area contributed by atoms with Gasteiger partial charge in [-0.2, -0.15) is 0 Å². The van der Waals surface area contributed by atoms with Crippen LogP contribution < -0.4 is 5.32 Å². The lowest BCUT2D eigenvalue weighted by molar-refractivity contribution is -0.146. The highest BCUT2D eigenvalue weighted by molar-refractivity contribution is 5.76. The fourth-order valence-corrected chi connectivity index (χ4v) is 3.01. The van der Waals surface area contributed by atoms with E-state index in [2.05, 4.69) is 5.32 Å². The van der Waals surface area contributed by atoms with E-state index in [0.717, 1.165) is 12.8 Å². The number of carboxylic acids is 1. The van der Waals surface area contributed by atoms with Crippen molar-refractivity contribution in [2.45, 2.75) is 56.4 Å². The van der Waals surface area contributed by atoms with Crippen molar-refractivity contribution in [1.29, 1.82) is 0 Å². The molecule has 2 saturated heterocycles. The summed E-state index contributed by atoms with van der Waals surface area (Å²) in [4.78, 5) is 24.2. The molecule has 0 aliphatic carbocycles. The molecule has 4 N–H and O–H groups in total. The van der Waals surface area contributed by atoms with Crippen LogP contribution in [-0.2, 0) is 4.79 Å². The molecular formula is C12H20N2O5. The van der Waals surface area contributed by atoms with Gasteiger partial charge in [-0.15, -0.1) is 0 Å². The molecule has 19 heavy (non-hydrogen) atoms. The van der Waals surface area contributed by atoms with Gasteiger partial charge in [0.1, 0.15) is 0 Å². The maximum absolute atomic E-state index is 12.0. The smallest absolute Gasteiger partial charge is 0.332 e. The highest BCUT2D eigenvalue weighted by Gasteiger charge is 2.42. The average molecular weight is 272 g/mol. The second kappa shape index (κ2) is 5.75. The minimum Gasteiger partial charge on any atom is -0.479 e. The number of hydrogen-bond acceptors (Lipinski definition) is 4. The van der Waals surface area contributed by atoms with Crippen molar-refractivity contribution in [2.24, 2.45) is 0 Å². The van der Waals surface area contributed by atoms with Crippen LogP contribution >= 0.6 is 0 Å². The molecule has 0 aromatic rings. The predicted molar refractivity (Wildman–Crippen MR) is 65.5 cm³/mol. The Morgan fingerprint density at radius 3 is 2.37 bits per heavy atom. The minimum atomic E-state index is -1.44. The van der Waals surface area contributed by atoms with Crippen molar-refractivity contribution >= 4 is 12.0 Å². The SMILES string of the molecule is O=C(O)[C@@H](O)CCNC(=O)N1C2CCC1CC(O)C2. The van der Waals surface area contributed by atoms with Gasteiger partial charge in [-0.05, 0) is 25.7 Å². The lowest BCUT2D eigenvalue weighted by Gasteiger charge is -2.37. The molecule has 108 valence electrons. The van der Waals surface area contributed by atoms with E-state index < -0.39 is 12.1 Å². The number of hydrogen-bond donors (Lipinski definition) is 4. The first-order valence-electron chi connectivity index (χ1n) is 6.64. The Labute approximate surface area is 111 Å². The number of nitrogens with one attached hydrogen (secondary N) is 1. The number of piperidine rings is 1. The summed E-state index contributed by atoms with van der Waals surface area (Å²) in [5, 5.41) is 29.9. The number of fused-ring (bicyclic) bond motifs is 2. The maximum Gasteiger partial charge on any atom is 0.332 e. The molecule has 7 heteroatoms. The molecule has 0 aromatic carbocycles. The Morgan fingerprint density at radius 1 is 1.26 bits per heavy atom. The Hall–Kier alpha value is -1.34. The Balaban J connectivity index is 1.79. The standard InChI is InChI=1S/C12H20N2O5/c15-9-5-7-1-2-8(6-9)14(7)12(19)13-4-3-10(16)11(17)18/h7-10,15-16H,1-6H2,(H,13,19)(H,17,18)/t7?,8?,9?,10-/m0/s1. The molecule has 2 heterocycles. The van der Waals surface area contributed by atoms with Crippen LogP contribution in [0.15, 0.2) is 0 Å². The predicted octanol–water partition coefficient (Wildman–Crippen LogP) is -0.481. The summed E-state index contributed by atoms with van der Waals surface area (Å²) in [5.74, 6) is -1.28. The molecular weight excluding hydrogens is 252 g/mol. The van der Waals surface area contributed by atoms with E-state index in [9.17, 15) is 14.7 Å². The number of aliphatic hydroxyl groups is 2. The van der Waals surface area contributed by atoms with E-state index in [-0.39, 0.29) is 37.2 Å². The highest BCUT2D eigenvalue weighted by Crippen LogP contribution is 2.35. The summed E-state index contributed by atoms with van der Waals surface area (Å²) in [7, 11) is 0. The van der Waals surface area contributed by atoms with Crippen LogP contribution in [0.5, 0.6) is 0 Å². The van der Waals surface area contributed by atoms with Crippen LogP contribution in [0.2, 0.25) is 0 Å². The van der Waals surface area contributed by atoms with Crippen LogP contribution in [0.4, 0.5) is 4.79 Å². The second-order valence-corrected chi connectivity index (χ2v) is 5.29. The van der Waals surface area contributed by atoms with Crippen molar-refractivity contribution < 1.29 is 24.9 Å². The van der Waals surface area contributed by atoms with Gasteiger partial charge in [-0.3, -0.25) is 0 Å². The Morgan fingerprint density at radius 2 is 1.84 bits per heavy atom. The second-order valence-electron chi connectivity index (χ2n) is 5.29. The minimum absolute atomic E-state index is 0.00707. The number of carbonyl (C=O) groups excluding carboxylic acids is 1. The highest BCUT2D eigenvalue weighted by atomic mass is 16.4. The van der Waals surface area contributed by atoms with Crippen molar-refractivity contribution in [2.75, 3.05) is 6.54 Å². The molecule has 0 aromatic heterocycles. The fraction of sp³-hybridized carbons (Fsp3) is 0.833. The quantitative estimate of drug-likeness (QED) is 0.552. The summed E-state index contributed by atoms with van der Waals surface area (Å²) >= 11 is 0. The van der Waals surface area contributed by atoms with Crippen LogP contribution in [0.1, 0.15) is 32.1 Å². The number of aliphatic carboxylic acids is 1. The van der Waals surface area contributed by atoms with Crippen LogP contribution in [0.25, 0.3) is 0 Å². The van der Waals surface area contributed by atoms with Gasteiger partial charge < -0.3 is 25.5 Å². The zero-order chi connectivity index (χ0) is 14.0. The number of rotatable bonds is 4. The van der Waals surface area contributed by atoms with E-state index >= 15 is 0 Å². The van der Waals surface area contributed by atoms with Gasteiger partial charge in [0.25, 0.3) is 0 Å². The van der Waals surface area contributed by atoms with E-state index in [1.807, 2.05) is 0 Å². The van der Waals surface area contributed by atoms with Crippen molar-refractivity contribution in [3.63, 3.8) is 0 Å². The van der Waals surface area contributed by atoms with Crippen molar-refractivity contribution in [3.8, 4) is 0 Å². The zero-order valence-electron chi connectivity index (χ0n) is 10.7. The molecule has 2 bridgehead atoms. The van der Waals surface area contributed by atoms with Gasteiger partial charge in [0.2, 0.25) is 0 Å². The number of aliphatic hydroxyl groups excluding tert-OH is 2. The number of carboxylic acid groups (broad SMARTS) is 1. The molecule has 7 nitrogen and oxygen atoms in total. The van der Waals surface area contributed by atoms with Gasteiger partial charge in [0.05, 0.1) is 6.10 Å². The van der Waals surface area contributed by atoms with Crippen LogP contribution in [-0.4, -0.2) is 63.1 Å². The van der Waals surface area contributed by atoms with Gasteiger partial charge in [-0.25, -0.2) is 9.59 Å². The number of urea groups is 1. The molecule has 2 unspecified atom stereocenters. The monoisotopic (exact) mass is 272 g/mol. The largest absolute Gasteiger partial charge is 0.479 e. The third-order valence-corrected chi connectivity index (χ3v) is 3.92. The average Bonchev–Trinajstić information content (AvgIpc) is 2.61. The summed E-state index contributed by atoms with van der Waals surface area (Å²) in [5.41, 5.74) is 0. The molecule has 2 fully saturated rings. The molecule has 0 spiro atoms. The summed E-state index contributed by atoms with van der Waals surface area (Å²) in [6.07, 6.45) is 1.27. The van der Waals surface area contributed by atoms with Gasteiger partial charge in [0.15, 0.2) is 6.10 Å². The first kappa shape index (κ1) is 14.1. The fourth-order valence-electron chi connectivity index (χ4n) is 3.01. The summed E-state index contributed by atoms with van der Waals surface area (Å²) in [6.45, 7) is 0.130. The Kier molecular flexibility index (Phi) is 4.26. The van der Waals surface area contributed by atoms with Crippen molar-refractivity contribution in [1.82, 2.24) is 10.2 Å². The summed E-state index contributed by atoms with van der Waals surface area (Å²) < 4.78 is 0. The first-order valence-corrected chi connectivity index (χ1v) is 6.64. The van der Waals surface area contributed by atoms with Gasteiger partial charge >= 0.3 is 12.0 Å². The Bertz CT molecular complexity index is 348. The van der Waals surface area contributed by atoms with E-state index in [1.165, 1.54) is 0 Å². The van der Waals surface area contributed by atoms with E-state index in [1.54, 1.807) is 4.90 Å². The topological polar surface area (TPSA) is 110 Å². The zero-order valence-corrected chi connectivity index (χ0v) is 10.7. The molecule has 2 amide bonds. The van der Waals surface area contributed by atoms with Gasteiger partial charge in [0, 0.05) is 25.0 Å². The molecule has 0 radical (unpaired) electrons. The molecule has 3 atom stereocenters. The number of amides is 2. The number of carbonyl (C=O) groups is 2. The number of nitrogens with zero attached hydrogens (tertiary/aromatic N) is 1. The van der Waals surface area contributed by atoms with Crippen LogP contribution in [0, 0.1) is 0 Å². The van der Waals surface area contributed by atoms with Crippen molar-refractivity contribution in [3.05, 3.63) is 0 Å². The maximum atomic E-state index is 12.0. The molecule has 2 aliphatic heterocycles. The lowest BCUT2D eigenvalue weighted by Crippen LogP contribution is -2.52. The van der Waals surface area contributed by atoms with E-state index in [0.29, 0.717) is 12.8 Å². The van der Waals surface area contributed by atoms with Crippen LogP contribution in [0.3, 0.4) is 0 Å². The molecule has 0 saturated carbocycles. The normalized spacial score (nSPS) is 31.1. The first-order chi connectivity index (χ1) is 8.99. The van der Waals surface area contributed by atoms with Gasteiger partial charge in [-0.1, -0.05) is 0 Å². The summed E-state index contributed by atoms with van der Waals surface area (Å²) in [6, 6.07) is -0.0618. The molecule has 2 aliphatic rings.